The smallest absolute Gasteiger partial charge is 0.294 e. The monoisotopic (exact) mass is 491 g/mol. The Morgan fingerprint density at radius 1 is 1.27 bits per heavy atom. The van der Waals surface area contributed by atoms with Gasteiger partial charge < -0.3 is 0 Å². The topological polar surface area (TPSA) is 98.9 Å². The zero-order valence-corrected chi connectivity index (χ0v) is 19.3. The maximum atomic E-state index is 14.6. The van der Waals surface area contributed by atoms with Crippen LogP contribution in [0, 0.1) is 18.6 Å². The number of rotatable bonds is 5. The first kappa shape index (κ1) is 21.9. The van der Waals surface area contributed by atoms with E-state index in [0.717, 1.165) is 11.5 Å². The summed E-state index contributed by atoms with van der Waals surface area (Å²) in [5, 5.41) is 0.379. The molecule has 3 aromatic heterocycles. The third-order valence-corrected chi connectivity index (χ3v) is 7.85. The molecular formula is C21H19F2N5O3S2. The van der Waals surface area contributed by atoms with E-state index in [4.69, 9.17) is 0 Å². The van der Waals surface area contributed by atoms with Gasteiger partial charge >= 0.3 is 5.69 Å². The highest BCUT2D eigenvalue weighted by atomic mass is 32.2. The molecule has 0 saturated carbocycles. The second-order valence-corrected chi connectivity index (χ2v) is 10.7. The number of nitrogens with one attached hydrogen (secondary N) is 1. The molecule has 5 rings (SSSR count). The van der Waals surface area contributed by atoms with E-state index in [1.54, 1.807) is 26.1 Å². The largest absolute Gasteiger partial charge is 0.334 e. The number of aryl methyl sites for hydroxylation is 1. The second-order valence-electron chi connectivity index (χ2n) is 7.90. The first-order valence-corrected chi connectivity index (χ1v) is 12.6. The molecule has 1 aliphatic heterocycles. The Balaban J connectivity index is 1.64. The lowest BCUT2D eigenvalue weighted by atomic mass is 10.0. The molecule has 0 unspecified atom stereocenters. The summed E-state index contributed by atoms with van der Waals surface area (Å²) in [5.41, 5.74) is 0.861. The molecule has 172 valence electrons. The van der Waals surface area contributed by atoms with E-state index < -0.39 is 33.4 Å². The number of nitrogens with zero attached hydrogens (tertiary/aromatic N) is 4. The molecular weight excluding hydrogens is 472 g/mol. The summed E-state index contributed by atoms with van der Waals surface area (Å²) in [7, 11) is -3.40. The number of imidazole rings is 1. The molecule has 1 aromatic carbocycles. The van der Waals surface area contributed by atoms with Crippen LogP contribution in [0.15, 0.2) is 35.3 Å². The van der Waals surface area contributed by atoms with Crippen LogP contribution in [0.1, 0.15) is 18.3 Å². The van der Waals surface area contributed by atoms with E-state index in [9.17, 15) is 22.0 Å². The quantitative estimate of drug-likeness (QED) is 0.463. The number of benzene rings is 1. The van der Waals surface area contributed by atoms with Gasteiger partial charge in [-0.25, -0.2) is 36.3 Å². The Hall–Kier alpha value is -2.96. The molecule has 12 heteroatoms. The van der Waals surface area contributed by atoms with Gasteiger partial charge in [-0.3, -0.25) is 4.57 Å². The number of sulfonamides is 1. The number of hydrogen-bond donors (Lipinski definition) is 1. The third kappa shape index (κ3) is 3.67. The van der Waals surface area contributed by atoms with Crippen LogP contribution in [-0.4, -0.2) is 38.7 Å². The van der Waals surface area contributed by atoms with Crippen LogP contribution < -0.4 is 10.4 Å². The lowest BCUT2D eigenvalue weighted by Gasteiger charge is -2.11. The van der Waals surface area contributed by atoms with Gasteiger partial charge in [-0.1, -0.05) is 6.07 Å². The number of aromatic nitrogens is 4. The Bertz CT molecular complexity index is 1550. The summed E-state index contributed by atoms with van der Waals surface area (Å²) < 4.78 is 62.9. The highest BCUT2D eigenvalue weighted by Gasteiger charge is 2.30. The zero-order chi connectivity index (χ0) is 23.5. The molecule has 0 amide bonds. The summed E-state index contributed by atoms with van der Waals surface area (Å²) in [6.45, 7) is 3.45. The van der Waals surface area contributed by atoms with Gasteiger partial charge in [0.25, 0.3) is 0 Å². The summed E-state index contributed by atoms with van der Waals surface area (Å²) in [4.78, 5) is 18.1. The average Bonchev–Trinajstić information content (AvgIpc) is 3.41. The van der Waals surface area contributed by atoms with Gasteiger partial charge in [0, 0.05) is 42.2 Å². The molecule has 1 N–H and O–H groups in total. The maximum absolute atomic E-state index is 14.6. The van der Waals surface area contributed by atoms with E-state index in [0.29, 0.717) is 28.0 Å². The highest BCUT2D eigenvalue weighted by molar-refractivity contribution is 7.89. The lowest BCUT2D eigenvalue weighted by Crippen LogP contribution is -2.38. The van der Waals surface area contributed by atoms with E-state index in [1.165, 1.54) is 27.3 Å². The van der Waals surface area contributed by atoms with Crippen molar-refractivity contribution >= 4 is 31.8 Å². The summed E-state index contributed by atoms with van der Waals surface area (Å²) in [6.07, 6.45) is 1.94. The molecule has 8 nitrogen and oxygen atoms in total. The van der Waals surface area contributed by atoms with Crippen LogP contribution >= 0.6 is 11.5 Å². The Morgan fingerprint density at radius 3 is 2.67 bits per heavy atom. The van der Waals surface area contributed by atoms with Gasteiger partial charge in [-0.2, -0.15) is 4.37 Å². The van der Waals surface area contributed by atoms with Gasteiger partial charge in [-0.15, -0.1) is 0 Å². The molecule has 1 atom stereocenters. The van der Waals surface area contributed by atoms with Gasteiger partial charge in [0.15, 0.2) is 5.82 Å². The van der Waals surface area contributed by atoms with Crippen molar-refractivity contribution in [1.82, 2.24) is 23.2 Å². The van der Waals surface area contributed by atoms with Gasteiger partial charge in [0.1, 0.15) is 16.5 Å². The van der Waals surface area contributed by atoms with Crippen LogP contribution in [0.2, 0.25) is 0 Å². The minimum absolute atomic E-state index is 0.0464. The molecule has 4 aromatic rings. The molecule has 1 aliphatic rings. The standard InChI is InChI=1S/C21H19F2N5O3S2/c1-3-33(30,31)26-12-8-13-10-28(21(29)27(13)9-12)19-18-14(7-11(2)24-20(18)32-25-19)17-15(22)5-4-6-16(17)23/h4-7,10,12,26H,3,8-9H2,1-2H3/t12-/m0/s1. The molecule has 0 saturated heterocycles. The van der Waals surface area contributed by atoms with Crippen molar-refractivity contribution < 1.29 is 17.2 Å². The molecule has 0 bridgehead atoms. The molecule has 33 heavy (non-hydrogen) atoms. The van der Waals surface area contributed by atoms with Crippen molar-refractivity contribution in [2.24, 2.45) is 0 Å². The van der Waals surface area contributed by atoms with Crippen molar-refractivity contribution in [3.63, 3.8) is 0 Å². The van der Waals surface area contributed by atoms with Crippen molar-refractivity contribution in [3.05, 3.63) is 64.0 Å². The number of pyridine rings is 1. The predicted molar refractivity (Wildman–Crippen MR) is 121 cm³/mol. The highest BCUT2D eigenvalue weighted by Crippen LogP contribution is 2.37. The fraction of sp³-hybridized carbons (Fsp3) is 0.286. The first-order valence-electron chi connectivity index (χ1n) is 10.2. The Kier molecular flexibility index (Phi) is 5.18. The average molecular weight is 492 g/mol. The van der Waals surface area contributed by atoms with Crippen LogP contribution in [0.3, 0.4) is 0 Å². The SMILES string of the molecule is CCS(=O)(=O)N[C@H]1Cc2cn(-c3nsc4nc(C)cc(-c5c(F)cccc5F)c34)c(=O)n2C1. The van der Waals surface area contributed by atoms with Gasteiger partial charge in [-0.05, 0) is 43.6 Å². The molecule has 0 spiro atoms. The third-order valence-electron chi connectivity index (χ3n) is 5.66. The summed E-state index contributed by atoms with van der Waals surface area (Å²) in [5.74, 6) is -1.26. The van der Waals surface area contributed by atoms with E-state index >= 15 is 0 Å². The first-order chi connectivity index (χ1) is 15.7. The van der Waals surface area contributed by atoms with Crippen molar-refractivity contribution in [3.8, 4) is 16.9 Å². The molecule has 4 heterocycles. The predicted octanol–water partition coefficient (Wildman–Crippen LogP) is 2.76. The normalized spacial score (nSPS) is 15.9. The maximum Gasteiger partial charge on any atom is 0.334 e. The minimum atomic E-state index is -3.40. The molecule has 0 aliphatic carbocycles. The fourth-order valence-electron chi connectivity index (χ4n) is 4.17. The second kappa shape index (κ2) is 7.82. The van der Waals surface area contributed by atoms with E-state index in [2.05, 4.69) is 14.1 Å². The summed E-state index contributed by atoms with van der Waals surface area (Å²) >= 11 is 1.04. The molecule has 0 fully saturated rings. The van der Waals surface area contributed by atoms with Gasteiger partial charge in [0.05, 0.1) is 16.7 Å². The van der Waals surface area contributed by atoms with Crippen molar-refractivity contribution in [2.75, 3.05) is 5.75 Å². The zero-order valence-electron chi connectivity index (χ0n) is 17.7. The minimum Gasteiger partial charge on any atom is -0.294 e. The number of halogens is 2. The Morgan fingerprint density at radius 2 is 2.00 bits per heavy atom. The van der Waals surface area contributed by atoms with Crippen molar-refractivity contribution in [2.45, 2.75) is 32.9 Å². The van der Waals surface area contributed by atoms with Crippen LogP contribution in [-0.2, 0) is 23.0 Å². The van der Waals surface area contributed by atoms with E-state index in [1.807, 2.05) is 0 Å². The van der Waals surface area contributed by atoms with Gasteiger partial charge in [0.2, 0.25) is 10.0 Å². The number of hydrogen-bond acceptors (Lipinski definition) is 6. The number of fused-ring (bicyclic) bond motifs is 2. The summed E-state index contributed by atoms with van der Waals surface area (Å²) in [6, 6.07) is 4.81. The fourth-order valence-corrected chi connectivity index (χ4v) is 5.83. The Labute approximate surface area is 191 Å². The van der Waals surface area contributed by atoms with Crippen LogP contribution in [0.4, 0.5) is 8.78 Å². The van der Waals surface area contributed by atoms with E-state index in [-0.39, 0.29) is 29.2 Å². The van der Waals surface area contributed by atoms with Crippen LogP contribution in [0.25, 0.3) is 27.2 Å². The lowest BCUT2D eigenvalue weighted by molar-refractivity contribution is 0.533. The molecule has 0 radical (unpaired) electrons. The van der Waals surface area contributed by atoms with Crippen LogP contribution in [0.5, 0.6) is 0 Å². The van der Waals surface area contributed by atoms with Crippen molar-refractivity contribution in [1.29, 1.82) is 0 Å².